The van der Waals surface area contributed by atoms with Crippen molar-refractivity contribution in [2.75, 3.05) is 13.2 Å². The third-order valence-electron chi connectivity index (χ3n) is 3.68. The van der Waals surface area contributed by atoms with E-state index in [9.17, 15) is 0 Å². The lowest BCUT2D eigenvalue weighted by Gasteiger charge is -2.20. The maximum atomic E-state index is 5.86. The Morgan fingerprint density at radius 2 is 2.19 bits per heavy atom. The van der Waals surface area contributed by atoms with Crippen LogP contribution in [-0.4, -0.2) is 24.9 Å². The molecular weight excluding hydrogens is 262 g/mol. The second kappa shape index (κ2) is 7.81. The molecule has 118 valence electrons. The van der Waals surface area contributed by atoms with Gasteiger partial charge in [-0.05, 0) is 64.2 Å². The number of ether oxygens (including phenoxy) is 2. The van der Waals surface area contributed by atoms with Crippen molar-refractivity contribution in [1.82, 2.24) is 5.32 Å². The lowest BCUT2D eigenvalue weighted by Crippen LogP contribution is -2.35. The van der Waals surface area contributed by atoms with Crippen LogP contribution in [0.5, 0.6) is 5.75 Å². The first-order valence-corrected chi connectivity index (χ1v) is 8.11. The van der Waals surface area contributed by atoms with Gasteiger partial charge < -0.3 is 14.8 Å². The van der Waals surface area contributed by atoms with Crippen LogP contribution in [0.4, 0.5) is 0 Å². The highest BCUT2D eigenvalue weighted by molar-refractivity contribution is 5.28. The zero-order valence-corrected chi connectivity index (χ0v) is 13.7. The molecule has 1 aliphatic heterocycles. The Bertz CT molecular complexity index is 419. The minimum absolute atomic E-state index is 0.137. The first-order chi connectivity index (χ1) is 10.0. The second-order valence-corrected chi connectivity index (χ2v) is 6.88. The third kappa shape index (κ3) is 6.49. The average Bonchev–Trinajstić information content (AvgIpc) is 2.94. The normalized spacial score (nSPS) is 18.9. The highest BCUT2D eigenvalue weighted by Crippen LogP contribution is 2.18. The highest BCUT2D eigenvalue weighted by atomic mass is 16.5. The third-order valence-corrected chi connectivity index (χ3v) is 3.68. The van der Waals surface area contributed by atoms with E-state index in [1.807, 2.05) is 6.07 Å². The zero-order valence-electron chi connectivity index (χ0n) is 13.7. The molecule has 0 saturated carbocycles. The fourth-order valence-corrected chi connectivity index (χ4v) is 2.49. The van der Waals surface area contributed by atoms with Gasteiger partial charge in [0.05, 0.1) is 12.7 Å². The number of rotatable bonds is 7. The summed E-state index contributed by atoms with van der Waals surface area (Å²) in [6.45, 7) is 9.12. The van der Waals surface area contributed by atoms with Gasteiger partial charge in [-0.2, -0.15) is 0 Å². The summed E-state index contributed by atoms with van der Waals surface area (Å²) in [6.07, 6.45) is 5.08. The van der Waals surface area contributed by atoms with Crippen molar-refractivity contribution < 1.29 is 9.47 Å². The Kier molecular flexibility index (Phi) is 6.07. The first-order valence-electron chi connectivity index (χ1n) is 8.11. The summed E-state index contributed by atoms with van der Waals surface area (Å²) in [5.41, 5.74) is 1.40. The summed E-state index contributed by atoms with van der Waals surface area (Å²) >= 11 is 0. The molecule has 3 nitrogen and oxygen atoms in total. The van der Waals surface area contributed by atoms with Crippen LogP contribution in [0.3, 0.4) is 0 Å². The topological polar surface area (TPSA) is 30.5 Å². The van der Waals surface area contributed by atoms with Crippen molar-refractivity contribution in [3.8, 4) is 5.75 Å². The molecule has 1 aromatic rings. The number of nitrogens with one attached hydrogen (secondary N) is 1. The largest absolute Gasteiger partial charge is 0.494 e. The average molecular weight is 291 g/mol. The zero-order chi connectivity index (χ0) is 15.1. The summed E-state index contributed by atoms with van der Waals surface area (Å²) in [7, 11) is 0. The molecule has 1 atom stereocenters. The quantitative estimate of drug-likeness (QED) is 0.773. The molecule has 1 unspecified atom stereocenters. The molecule has 0 amide bonds. The van der Waals surface area contributed by atoms with Crippen LogP contribution in [0, 0.1) is 0 Å². The van der Waals surface area contributed by atoms with Crippen molar-refractivity contribution >= 4 is 0 Å². The smallest absolute Gasteiger partial charge is 0.119 e. The van der Waals surface area contributed by atoms with Gasteiger partial charge in [0.15, 0.2) is 0 Å². The van der Waals surface area contributed by atoms with Crippen molar-refractivity contribution in [3.05, 3.63) is 29.8 Å². The maximum Gasteiger partial charge on any atom is 0.119 e. The van der Waals surface area contributed by atoms with Gasteiger partial charge in [0, 0.05) is 18.7 Å². The van der Waals surface area contributed by atoms with Crippen LogP contribution in [0.2, 0.25) is 0 Å². The Labute approximate surface area is 129 Å². The molecule has 1 aliphatic rings. The van der Waals surface area contributed by atoms with Gasteiger partial charge in [-0.15, -0.1) is 0 Å². The number of hydrogen-bond acceptors (Lipinski definition) is 3. The summed E-state index contributed by atoms with van der Waals surface area (Å²) in [6, 6.07) is 8.37. The predicted octanol–water partition coefficient (Wildman–Crippen LogP) is 3.91. The second-order valence-electron chi connectivity index (χ2n) is 6.88. The van der Waals surface area contributed by atoms with Gasteiger partial charge in [-0.25, -0.2) is 0 Å². The molecule has 0 aromatic heterocycles. The van der Waals surface area contributed by atoms with Gasteiger partial charge in [0.25, 0.3) is 0 Å². The van der Waals surface area contributed by atoms with Crippen LogP contribution in [-0.2, 0) is 11.3 Å². The van der Waals surface area contributed by atoms with Gasteiger partial charge >= 0.3 is 0 Å². The van der Waals surface area contributed by atoms with E-state index in [4.69, 9.17) is 9.47 Å². The lowest BCUT2D eigenvalue weighted by atomic mass is 10.1. The molecule has 0 radical (unpaired) electrons. The van der Waals surface area contributed by atoms with E-state index in [0.29, 0.717) is 6.10 Å². The Hall–Kier alpha value is -1.06. The van der Waals surface area contributed by atoms with E-state index in [0.717, 1.165) is 38.3 Å². The summed E-state index contributed by atoms with van der Waals surface area (Å²) in [5, 5.41) is 3.50. The fraction of sp³-hybridized carbons (Fsp3) is 0.667. The van der Waals surface area contributed by atoms with E-state index in [2.05, 4.69) is 44.3 Å². The Balaban J connectivity index is 1.70. The molecule has 1 heterocycles. The minimum atomic E-state index is 0.137. The van der Waals surface area contributed by atoms with Gasteiger partial charge in [-0.1, -0.05) is 12.1 Å². The molecule has 0 bridgehead atoms. The molecule has 1 saturated heterocycles. The van der Waals surface area contributed by atoms with Crippen molar-refractivity contribution in [2.45, 2.75) is 64.6 Å². The van der Waals surface area contributed by atoms with Crippen molar-refractivity contribution in [3.63, 3.8) is 0 Å². The lowest BCUT2D eigenvalue weighted by molar-refractivity contribution is 0.0981. The van der Waals surface area contributed by atoms with Gasteiger partial charge in [-0.3, -0.25) is 0 Å². The Morgan fingerprint density at radius 1 is 1.33 bits per heavy atom. The van der Waals surface area contributed by atoms with E-state index in [1.165, 1.54) is 18.4 Å². The molecule has 1 aromatic carbocycles. The molecule has 1 N–H and O–H groups in total. The van der Waals surface area contributed by atoms with Crippen LogP contribution in [0.25, 0.3) is 0 Å². The van der Waals surface area contributed by atoms with E-state index in [1.54, 1.807) is 0 Å². The van der Waals surface area contributed by atoms with E-state index >= 15 is 0 Å². The van der Waals surface area contributed by atoms with Gasteiger partial charge in [0.1, 0.15) is 5.75 Å². The van der Waals surface area contributed by atoms with Crippen molar-refractivity contribution in [1.29, 1.82) is 0 Å². The molecule has 21 heavy (non-hydrogen) atoms. The summed E-state index contributed by atoms with van der Waals surface area (Å²) in [4.78, 5) is 0. The minimum Gasteiger partial charge on any atom is -0.494 e. The monoisotopic (exact) mass is 291 g/mol. The summed E-state index contributed by atoms with van der Waals surface area (Å²) in [5.74, 6) is 0.968. The summed E-state index contributed by atoms with van der Waals surface area (Å²) < 4.78 is 11.5. The molecule has 1 fully saturated rings. The Morgan fingerprint density at radius 3 is 2.90 bits per heavy atom. The number of benzene rings is 1. The van der Waals surface area contributed by atoms with Crippen LogP contribution < -0.4 is 10.1 Å². The fourth-order valence-electron chi connectivity index (χ4n) is 2.49. The molecular formula is C18H29NO2. The van der Waals surface area contributed by atoms with E-state index in [-0.39, 0.29) is 5.54 Å². The predicted molar refractivity (Wildman–Crippen MR) is 86.7 cm³/mol. The maximum absolute atomic E-state index is 5.86. The molecule has 0 aliphatic carbocycles. The number of hydrogen-bond donors (Lipinski definition) is 1. The highest BCUT2D eigenvalue weighted by Gasteiger charge is 2.14. The van der Waals surface area contributed by atoms with Gasteiger partial charge in [0.2, 0.25) is 0 Å². The van der Waals surface area contributed by atoms with Crippen LogP contribution >= 0.6 is 0 Å². The van der Waals surface area contributed by atoms with Crippen LogP contribution in [0.15, 0.2) is 24.3 Å². The molecule has 3 heteroatoms. The molecule has 2 rings (SSSR count). The van der Waals surface area contributed by atoms with E-state index < -0.39 is 0 Å². The van der Waals surface area contributed by atoms with Crippen molar-refractivity contribution in [2.24, 2.45) is 0 Å². The SMILES string of the molecule is CC(C)(C)NCc1cccc(OCCCC2CCCO2)c1. The molecule has 0 spiro atoms. The van der Waals surface area contributed by atoms with Crippen LogP contribution in [0.1, 0.15) is 52.0 Å². The first kappa shape index (κ1) is 16.3. The standard InChI is InChI=1S/C18H29NO2/c1-18(2,3)19-14-15-7-4-8-17(13-15)21-12-6-10-16-9-5-11-20-16/h4,7-8,13,16,19H,5-6,9-12,14H2,1-3H3.